The number of nitro benzene ring substituents is 1. The highest BCUT2D eigenvalue weighted by Gasteiger charge is 2.29. The molecule has 2 heterocycles. The Hall–Kier alpha value is -6.22. The second-order valence-corrected chi connectivity index (χ2v) is 20.4. The molecule has 2 saturated heterocycles. The van der Waals surface area contributed by atoms with Gasteiger partial charge in [0, 0.05) is 76.0 Å². The van der Waals surface area contributed by atoms with E-state index >= 15 is 0 Å². The van der Waals surface area contributed by atoms with Crippen LogP contribution in [0, 0.1) is 24.0 Å². The van der Waals surface area contributed by atoms with Gasteiger partial charge in [-0.05, 0) is 133 Å². The number of sulfonamides is 2. The first-order valence-electron chi connectivity index (χ1n) is 21.1. The van der Waals surface area contributed by atoms with Crippen molar-refractivity contribution in [1.82, 2.24) is 8.61 Å². The van der Waals surface area contributed by atoms with Crippen LogP contribution in [-0.2, 0) is 29.5 Å². The number of carbonyl (C=O) groups excluding carboxylic acids is 2. The van der Waals surface area contributed by atoms with E-state index < -0.39 is 30.9 Å². The highest BCUT2D eigenvalue weighted by Crippen LogP contribution is 2.37. The van der Waals surface area contributed by atoms with Crippen molar-refractivity contribution in [3.63, 3.8) is 0 Å². The number of aryl methyl sites for hydroxylation is 2. The van der Waals surface area contributed by atoms with Gasteiger partial charge in [0.25, 0.3) is 17.5 Å². The van der Waals surface area contributed by atoms with Gasteiger partial charge in [-0.15, -0.1) is 0 Å². The number of anilines is 3. The molecule has 0 unspecified atom stereocenters. The smallest absolute Gasteiger partial charge is 0.279 e. The van der Waals surface area contributed by atoms with E-state index in [0.29, 0.717) is 88.8 Å². The lowest BCUT2D eigenvalue weighted by molar-refractivity contribution is -0.384. The van der Waals surface area contributed by atoms with Crippen molar-refractivity contribution < 1.29 is 40.8 Å². The maximum absolute atomic E-state index is 13.1. The zero-order valence-electron chi connectivity index (χ0n) is 36.8. The molecule has 2 fully saturated rings. The molecular weight excluding hydrogens is 956 g/mol. The van der Waals surface area contributed by atoms with Crippen molar-refractivity contribution in [3.8, 4) is 22.3 Å². The number of benzene rings is 6. The molecule has 0 spiro atoms. The van der Waals surface area contributed by atoms with Gasteiger partial charge in [0.1, 0.15) is 0 Å². The van der Waals surface area contributed by atoms with Crippen molar-refractivity contribution in [2.75, 3.05) is 69.0 Å². The van der Waals surface area contributed by atoms with Gasteiger partial charge in [-0.3, -0.25) is 19.7 Å². The van der Waals surface area contributed by atoms with Gasteiger partial charge < -0.3 is 25.8 Å². The number of ether oxygens (including phenoxy) is 2. The number of amides is 2. The Labute approximate surface area is 403 Å². The summed E-state index contributed by atoms with van der Waals surface area (Å²) >= 11 is 11.7. The highest BCUT2D eigenvalue weighted by atomic mass is 35.5. The standard InChI is InChI=1S/C24H22ClN3O6S.C24H24ClN3O4S/c1-16-2-8-20(35(32,33)27-10-12-34-13-11-27)15-22(16)21-9-7-19(14-23(21)28(30)31)26-24(29)17-3-5-18(25)6-4-17;1-16-2-8-20(33(30,31)28-10-12-32-13-11-28)15-22(16)21-9-7-19(14-23(21)26)27-24(29)17-3-5-18(25)6-4-17/h2-9,14-15H,10-13H2,1H3,(H,26,29);2-9,14-15H,10-13,26H2,1H3,(H,27,29). The molecule has 0 atom stereocenters. The van der Waals surface area contributed by atoms with Gasteiger partial charge in [-0.25, -0.2) is 16.8 Å². The van der Waals surface area contributed by atoms with Crippen LogP contribution >= 0.6 is 23.2 Å². The zero-order chi connectivity index (χ0) is 48.8. The van der Waals surface area contributed by atoms with E-state index in [1.807, 2.05) is 6.92 Å². The van der Waals surface area contributed by atoms with Crippen LogP contribution in [0.25, 0.3) is 22.3 Å². The Bertz CT molecular complexity index is 3090. The molecule has 68 heavy (non-hydrogen) atoms. The van der Waals surface area contributed by atoms with Gasteiger partial charge in [0.15, 0.2) is 0 Å². The van der Waals surface area contributed by atoms with Gasteiger partial charge in [0.05, 0.1) is 46.7 Å². The van der Waals surface area contributed by atoms with Crippen molar-refractivity contribution in [2.24, 2.45) is 0 Å². The molecule has 4 N–H and O–H groups in total. The number of nitro groups is 1. The Morgan fingerprint density at radius 3 is 1.38 bits per heavy atom. The Morgan fingerprint density at radius 1 is 0.574 bits per heavy atom. The third kappa shape index (κ3) is 11.5. The average molecular weight is 1000 g/mol. The number of nitrogens with zero attached hydrogens (tertiary/aromatic N) is 3. The molecule has 354 valence electrons. The molecule has 0 saturated carbocycles. The number of carbonyl (C=O) groups is 2. The second-order valence-electron chi connectivity index (χ2n) is 15.7. The van der Waals surface area contributed by atoms with Gasteiger partial charge in [-0.2, -0.15) is 8.61 Å². The molecule has 0 bridgehead atoms. The molecule has 2 aliphatic heterocycles. The molecule has 20 heteroatoms. The van der Waals surface area contributed by atoms with Crippen LogP contribution in [0.5, 0.6) is 0 Å². The maximum Gasteiger partial charge on any atom is 0.279 e. The van der Waals surface area contributed by atoms with E-state index in [9.17, 15) is 36.5 Å². The minimum Gasteiger partial charge on any atom is -0.398 e. The highest BCUT2D eigenvalue weighted by molar-refractivity contribution is 7.89. The summed E-state index contributed by atoms with van der Waals surface area (Å²) in [5.41, 5.74) is 11.7. The van der Waals surface area contributed by atoms with Gasteiger partial charge >= 0.3 is 0 Å². The minimum atomic E-state index is -3.78. The first-order chi connectivity index (χ1) is 32.4. The normalized spacial score (nSPS) is 14.6. The lowest BCUT2D eigenvalue weighted by atomic mass is 9.98. The topological polar surface area (TPSA) is 221 Å². The summed E-state index contributed by atoms with van der Waals surface area (Å²) in [5, 5.41) is 18.4. The van der Waals surface area contributed by atoms with Crippen molar-refractivity contribution in [3.05, 3.63) is 164 Å². The van der Waals surface area contributed by atoms with Crippen LogP contribution in [0.4, 0.5) is 22.7 Å². The fourth-order valence-electron chi connectivity index (χ4n) is 7.46. The van der Waals surface area contributed by atoms with E-state index in [2.05, 4.69) is 10.6 Å². The monoisotopic (exact) mass is 1000 g/mol. The van der Waals surface area contributed by atoms with Crippen molar-refractivity contribution in [1.29, 1.82) is 0 Å². The number of hydrogen-bond acceptors (Lipinski definition) is 11. The van der Waals surface area contributed by atoms with Crippen LogP contribution in [0.3, 0.4) is 0 Å². The number of hydrogen-bond donors (Lipinski definition) is 3. The summed E-state index contributed by atoms with van der Waals surface area (Å²) < 4.78 is 65.7. The third-order valence-electron chi connectivity index (χ3n) is 11.2. The molecule has 6 aromatic carbocycles. The Morgan fingerprint density at radius 2 is 0.971 bits per heavy atom. The summed E-state index contributed by atoms with van der Waals surface area (Å²) in [4.78, 5) is 36.6. The number of nitrogens with one attached hydrogen (secondary N) is 2. The van der Waals surface area contributed by atoms with Gasteiger partial charge in [0.2, 0.25) is 20.0 Å². The predicted octanol–water partition coefficient (Wildman–Crippen LogP) is 8.67. The summed E-state index contributed by atoms with van der Waals surface area (Å²) in [7, 11) is -7.42. The molecule has 0 radical (unpaired) electrons. The van der Waals surface area contributed by atoms with Crippen molar-refractivity contribution in [2.45, 2.75) is 23.6 Å². The molecule has 0 aliphatic carbocycles. The third-order valence-corrected chi connectivity index (χ3v) is 15.5. The molecule has 16 nitrogen and oxygen atoms in total. The van der Waals surface area contributed by atoms with Crippen molar-refractivity contribution >= 4 is 77.8 Å². The fraction of sp³-hybridized carbons (Fsp3) is 0.208. The number of nitrogens with two attached hydrogens (primary N) is 1. The number of rotatable bonds is 11. The van der Waals surface area contributed by atoms with E-state index in [-0.39, 0.29) is 45.7 Å². The minimum absolute atomic E-state index is 0.0504. The van der Waals surface area contributed by atoms with Crippen LogP contribution in [0.15, 0.2) is 131 Å². The van der Waals surface area contributed by atoms with Crippen LogP contribution < -0.4 is 16.4 Å². The zero-order valence-corrected chi connectivity index (χ0v) is 39.9. The summed E-state index contributed by atoms with van der Waals surface area (Å²) in [6.45, 7) is 6.19. The largest absolute Gasteiger partial charge is 0.398 e. The molecule has 2 aliphatic rings. The molecule has 0 aromatic heterocycles. The van der Waals surface area contributed by atoms with E-state index in [0.717, 1.165) is 11.1 Å². The number of nitrogen functional groups attached to an aromatic ring is 1. The predicted molar refractivity (Wildman–Crippen MR) is 262 cm³/mol. The number of halogens is 2. The van der Waals surface area contributed by atoms with Gasteiger partial charge in [-0.1, -0.05) is 41.4 Å². The lowest BCUT2D eigenvalue weighted by Crippen LogP contribution is -2.40. The number of morpholine rings is 2. The summed E-state index contributed by atoms with van der Waals surface area (Å²) in [5.74, 6) is -0.730. The van der Waals surface area contributed by atoms with E-state index in [1.165, 1.54) is 32.9 Å². The van der Waals surface area contributed by atoms with Crippen LogP contribution in [0.1, 0.15) is 31.8 Å². The lowest BCUT2D eigenvalue weighted by Gasteiger charge is -2.26. The van der Waals surface area contributed by atoms with Crippen LogP contribution in [0.2, 0.25) is 10.0 Å². The molecule has 2 amide bonds. The second kappa shape index (κ2) is 21.4. The van der Waals surface area contributed by atoms with Crippen LogP contribution in [-0.4, -0.2) is 94.8 Å². The van der Waals surface area contributed by atoms with E-state index in [1.54, 1.807) is 104 Å². The van der Waals surface area contributed by atoms with E-state index in [4.69, 9.17) is 38.4 Å². The average Bonchev–Trinajstić information content (AvgIpc) is 3.33. The molecule has 8 rings (SSSR count). The first-order valence-corrected chi connectivity index (χ1v) is 24.8. The Kier molecular flexibility index (Phi) is 15.6. The molecular formula is C48H46Cl2N6O10S2. The summed E-state index contributed by atoms with van der Waals surface area (Å²) in [6.07, 6.45) is 0. The molecule has 6 aromatic rings. The first kappa shape index (κ1) is 49.7. The fourth-order valence-corrected chi connectivity index (χ4v) is 10.6. The summed E-state index contributed by atoms with van der Waals surface area (Å²) in [6, 6.07) is 31.9. The maximum atomic E-state index is 13.1. The SMILES string of the molecule is Cc1ccc(S(=O)(=O)N2CCOCC2)cc1-c1ccc(NC(=O)c2ccc(Cl)cc2)cc1N.Cc1ccc(S(=O)(=O)N2CCOCC2)cc1-c1ccc(NC(=O)c2ccc(Cl)cc2)cc1[N+](=O)[O-]. The quantitative estimate of drug-likeness (QED) is 0.0633. The Balaban J connectivity index is 0.000000202.